The number of aliphatic hydroxyl groups excluding tert-OH is 1. The second kappa shape index (κ2) is 9.25. The van der Waals surface area contributed by atoms with Gasteiger partial charge in [-0.15, -0.1) is 10.2 Å². The molecule has 1 aliphatic rings. The lowest BCUT2D eigenvalue weighted by molar-refractivity contribution is 0.102. The lowest BCUT2D eigenvalue weighted by atomic mass is 10.1. The molecule has 1 saturated carbocycles. The average molecular weight is 391 g/mol. The van der Waals surface area contributed by atoms with Crippen LogP contribution < -0.4 is 10.1 Å². The fourth-order valence-electron chi connectivity index (χ4n) is 3.47. The van der Waals surface area contributed by atoms with Gasteiger partial charge in [-0.05, 0) is 49.4 Å². The summed E-state index contributed by atoms with van der Waals surface area (Å²) in [5.41, 5.74) is 0.680. The fraction of sp³-hybridized carbons (Fsp3) is 0.526. The van der Waals surface area contributed by atoms with E-state index in [4.69, 9.17) is 4.74 Å². The van der Waals surface area contributed by atoms with Crippen LogP contribution in [-0.2, 0) is 6.54 Å². The van der Waals surface area contributed by atoms with Crippen LogP contribution in [0.25, 0.3) is 0 Å². The quantitative estimate of drug-likeness (QED) is 0.721. The zero-order valence-corrected chi connectivity index (χ0v) is 16.5. The SMILES string of the molecule is COc1ccc(NC(=O)c2nnc(CN(CCO)[C@@H]3CC[C@H](C)C3)s2)cc1. The van der Waals surface area contributed by atoms with E-state index in [9.17, 15) is 9.90 Å². The number of ether oxygens (including phenoxy) is 1. The summed E-state index contributed by atoms with van der Waals surface area (Å²) in [6, 6.07) is 7.60. The molecule has 146 valence electrons. The van der Waals surface area contributed by atoms with Crippen molar-refractivity contribution in [2.45, 2.75) is 38.8 Å². The van der Waals surface area contributed by atoms with Gasteiger partial charge in [0.25, 0.3) is 5.91 Å². The van der Waals surface area contributed by atoms with Gasteiger partial charge in [-0.3, -0.25) is 9.69 Å². The first-order valence-corrected chi connectivity index (χ1v) is 10.0. The van der Waals surface area contributed by atoms with E-state index in [-0.39, 0.29) is 12.5 Å². The Kier molecular flexibility index (Phi) is 6.76. The molecule has 0 bridgehead atoms. The number of aliphatic hydroxyl groups is 1. The third-order valence-corrected chi connectivity index (χ3v) is 5.82. The van der Waals surface area contributed by atoms with Gasteiger partial charge in [-0.1, -0.05) is 18.3 Å². The molecule has 1 fully saturated rings. The summed E-state index contributed by atoms with van der Waals surface area (Å²) in [7, 11) is 1.60. The summed E-state index contributed by atoms with van der Waals surface area (Å²) < 4.78 is 5.11. The number of aromatic nitrogens is 2. The topological polar surface area (TPSA) is 87.6 Å². The molecular weight excluding hydrogens is 364 g/mol. The Balaban J connectivity index is 1.61. The molecule has 2 atom stereocenters. The van der Waals surface area contributed by atoms with Gasteiger partial charge in [-0.2, -0.15) is 0 Å². The molecule has 0 unspecified atom stereocenters. The maximum atomic E-state index is 12.4. The number of methoxy groups -OCH3 is 1. The molecule has 0 saturated heterocycles. The largest absolute Gasteiger partial charge is 0.497 e. The number of benzene rings is 1. The van der Waals surface area contributed by atoms with E-state index in [1.807, 2.05) is 0 Å². The summed E-state index contributed by atoms with van der Waals surface area (Å²) in [5, 5.41) is 21.6. The zero-order valence-electron chi connectivity index (χ0n) is 15.7. The molecule has 1 aliphatic carbocycles. The van der Waals surface area contributed by atoms with Crippen molar-refractivity contribution in [2.75, 3.05) is 25.6 Å². The van der Waals surface area contributed by atoms with Gasteiger partial charge in [-0.25, -0.2) is 0 Å². The summed E-state index contributed by atoms with van der Waals surface area (Å²) in [6.07, 6.45) is 3.51. The van der Waals surface area contributed by atoms with Crippen LogP contribution in [-0.4, -0.2) is 52.4 Å². The molecule has 1 heterocycles. The van der Waals surface area contributed by atoms with E-state index in [1.165, 1.54) is 17.8 Å². The maximum Gasteiger partial charge on any atom is 0.286 e. The van der Waals surface area contributed by atoms with Crippen molar-refractivity contribution in [3.8, 4) is 5.75 Å². The molecule has 0 spiro atoms. The Labute approximate surface area is 163 Å². The molecule has 3 rings (SSSR count). The summed E-state index contributed by atoms with van der Waals surface area (Å²) in [4.78, 5) is 14.7. The second-order valence-electron chi connectivity index (χ2n) is 6.95. The highest BCUT2D eigenvalue weighted by molar-refractivity contribution is 7.13. The van der Waals surface area contributed by atoms with Gasteiger partial charge >= 0.3 is 0 Å². The van der Waals surface area contributed by atoms with E-state index in [1.54, 1.807) is 31.4 Å². The van der Waals surface area contributed by atoms with E-state index in [0.29, 0.717) is 29.8 Å². The number of nitrogens with zero attached hydrogens (tertiary/aromatic N) is 3. The minimum Gasteiger partial charge on any atom is -0.497 e. The fourth-order valence-corrected chi connectivity index (χ4v) is 4.23. The predicted octanol–water partition coefficient (Wildman–Crippen LogP) is 2.78. The van der Waals surface area contributed by atoms with Crippen LogP contribution in [0.2, 0.25) is 0 Å². The second-order valence-corrected chi connectivity index (χ2v) is 8.01. The van der Waals surface area contributed by atoms with Crippen molar-refractivity contribution >= 4 is 22.9 Å². The van der Waals surface area contributed by atoms with Crippen molar-refractivity contribution in [1.82, 2.24) is 15.1 Å². The number of rotatable bonds is 8. The molecule has 0 radical (unpaired) electrons. The van der Waals surface area contributed by atoms with Gasteiger partial charge in [0.2, 0.25) is 5.01 Å². The Morgan fingerprint density at radius 2 is 2.11 bits per heavy atom. The first kappa shape index (κ1) is 19.7. The van der Waals surface area contributed by atoms with Crippen LogP contribution in [0.4, 0.5) is 5.69 Å². The monoisotopic (exact) mass is 390 g/mol. The molecule has 27 heavy (non-hydrogen) atoms. The maximum absolute atomic E-state index is 12.4. The number of hydrogen-bond donors (Lipinski definition) is 2. The number of hydrogen-bond acceptors (Lipinski definition) is 7. The highest BCUT2D eigenvalue weighted by atomic mass is 32.1. The van der Waals surface area contributed by atoms with Crippen LogP contribution in [0.1, 0.15) is 41.0 Å². The molecule has 2 aromatic rings. The van der Waals surface area contributed by atoms with Gasteiger partial charge < -0.3 is 15.2 Å². The molecule has 8 heteroatoms. The molecule has 1 aromatic heterocycles. The van der Waals surface area contributed by atoms with Gasteiger partial charge in [0.15, 0.2) is 0 Å². The van der Waals surface area contributed by atoms with Crippen molar-refractivity contribution < 1.29 is 14.6 Å². The van der Waals surface area contributed by atoms with Crippen molar-refractivity contribution in [3.05, 3.63) is 34.3 Å². The number of carbonyl (C=O) groups is 1. The zero-order chi connectivity index (χ0) is 19.2. The molecule has 1 amide bonds. The normalized spacial score (nSPS) is 19.4. The van der Waals surface area contributed by atoms with Crippen molar-refractivity contribution in [3.63, 3.8) is 0 Å². The average Bonchev–Trinajstić information content (AvgIpc) is 3.31. The highest BCUT2D eigenvalue weighted by Crippen LogP contribution is 2.30. The molecule has 1 aromatic carbocycles. The van der Waals surface area contributed by atoms with Crippen molar-refractivity contribution in [1.29, 1.82) is 0 Å². The van der Waals surface area contributed by atoms with Gasteiger partial charge in [0.1, 0.15) is 10.8 Å². The Hall–Kier alpha value is -2.03. The number of nitrogens with one attached hydrogen (secondary N) is 1. The van der Waals surface area contributed by atoms with Crippen LogP contribution in [0.15, 0.2) is 24.3 Å². The summed E-state index contributed by atoms with van der Waals surface area (Å²) >= 11 is 1.30. The number of anilines is 1. The minimum absolute atomic E-state index is 0.120. The smallest absolute Gasteiger partial charge is 0.286 e. The van der Waals surface area contributed by atoms with E-state index < -0.39 is 0 Å². The summed E-state index contributed by atoms with van der Waals surface area (Å²) in [6.45, 7) is 3.62. The minimum atomic E-state index is -0.271. The first-order chi connectivity index (χ1) is 13.1. The van der Waals surface area contributed by atoms with Crippen LogP contribution in [0, 0.1) is 5.92 Å². The lowest BCUT2D eigenvalue weighted by Crippen LogP contribution is -2.35. The molecule has 2 N–H and O–H groups in total. The van der Waals surface area contributed by atoms with E-state index in [2.05, 4.69) is 27.3 Å². The van der Waals surface area contributed by atoms with E-state index >= 15 is 0 Å². The van der Waals surface area contributed by atoms with Crippen molar-refractivity contribution in [2.24, 2.45) is 5.92 Å². The highest BCUT2D eigenvalue weighted by Gasteiger charge is 2.27. The van der Waals surface area contributed by atoms with Crippen LogP contribution >= 0.6 is 11.3 Å². The van der Waals surface area contributed by atoms with Gasteiger partial charge in [0, 0.05) is 18.3 Å². The molecular formula is C19H26N4O3S. The third-order valence-electron chi connectivity index (χ3n) is 4.92. The Morgan fingerprint density at radius 1 is 1.33 bits per heavy atom. The van der Waals surface area contributed by atoms with Crippen LogP contribution in [0.3, 0.4) is 0 Å². The predicted molar refractivity (Wildman–Crippen MR) is 105 cm³/mol. The first-order valence-electron chi connectivity index (χ1n) is 9.21. The number of carbonyl (C=O) groups excluding carboxylic acids is 1. The molecule has 0 aliphatic heterocycles. The summed E-state index contributed by atoms with van der Waals surface area (Å²) in [5.74, 6) is 1.18. The van der Waals surface area contributed by atoms with Gasteiger partial charge in [0.05, 0.1) is 20.3 Å². The molecule has 7 nitrogen and oxygen atoms in total. The Morgan fingerprint density at radius 3 is 2.74 bits per heavy atom. The number of amides is 1. The lowest BCUT2D eigenvalue weighted by Gasteiger charge is -2.27. The Bertz CT molecular complexity index is 750. The third kappa shape index (κ3) is 5.24. The van der Waals surface area contributed by atoms with Crippen LogP contribution in [0.5, 0.6) is 5.75 Å². The van der Waals surface area contributed by atoms with E-state index in [0.717, 1.165) is 29.5 Å². The standard InChI is InChI=1S/C19H26N4O3S/c1-13-3-6-15(11-13)23(9-10-24)12-17-21-22-19(27-17)18(25)20-14-4-7-16(26-2)8-5-14/h4-5,7-8,13,15,24H,3,6,9-12H2,1-2H3,(H,20,25)/t13-,15+/m0/s1.